The molecule has 1 amide bonds. The van der Waals surface area contributed by atoms with E-state index in [1.165, 1.54) is 13.0 Å². The molecule has 0 aliphatic heterocycles. The predicted molar refractivity (Wildman–Crippen MR) is 55.0 cm³/mol. The molecule has 0 spiro atoms. The Balaban J connectivity index is 2.80. The summed E-state index contributed by atoms with van der Waals surface area (Å²) in [5.74, 6) is -0.533. The molecule has 0 aromatic carbocycles. The van der Waals surface area contributed by atoms with Gasteiger partial charge in [-0.25, -0.2) is 4.79 Å². The van der Waals surface area contributed by atoms with Crippen LogP contribution in [-0.2, 0) is 0 Å². The van der Waals surface area contributed by atoms with Crippen molar-refractivity contribution in [3.05, 3.63) is 34.4 Å². The molecule has 88 valence electrons. The van der Waals surface area contributed by atoms with E-state index in [1.807, 2.05) is 0 Å². The van der Waals surface area contributed by atoms with Gasteiger partial charge in [-0.1, -0.05) is 0 Å². The molecule has 0 fully saturated rings. The Morgan fingerprint density at radius 1 is 1.44 bits per heavy atom. The van der Waals surface area contributed by atoms with Crippen molar-refractivity contribution < 1.29 is 19.4 Å². The first-order valence-corrected chi connectivity index (χ1v) is 4.64. The zero-order valence-corrected chi connectivity index (χ0v) is 8.77. The van der Waals surface area contributed by atoms with Gasteiger partial charge < -0.3 is 19.9 Å². The molecule has 0 radical (unpaired) electrons. The maximum atomic E-state index is 11.6. The lowest BCUT2D eigenvalue weighted by Gasteiger charge is -2.25. The number of carbonyl (C=O) groups is 1. The van der Waals surface area contributed by atoms with Crippen molar-refractivity contribution in [2.75, 3.05) is 13.2 Å². The molecule has 0 saturated carbocycles. The maximum absolute atomic E-state index is 11.6. The van der Waals surface area contributed by atoms with Crippen LogP contribution in [0, 0.1) is 0 Å². The second-order valence-electron chi connectivity index (χ2n) is 3.67. The van der Waals surface area contributed by atoms with Crippen LogP contribution in [0.5, 0.6) is 0 Å². The normalized spacial score (nSPS) is 11.2. The summed E-state index contributed by atoms with van der Waals surface area (Å²) < 4.78 is 4.52. The minimum Gasteiger partial charge on any atom is -0.430 e. The monoisotopic (exact) mass is 227 g/mol. The second-order valence-corrected chi connectivity index (χ2v) is 3.67. The molecule has 1 rings (SSSR count). The third-order valence-electron chi connectivity index (χ3n) is 2.08. The third kappa shape index (κ3) is 2.91. The molecular formula is C10H13NO5. The van der Waals surface area contributed by atoms with E-state index in [2.05, 4.69) is 9.73 Å². The van der Waals surface area contributed by atoms with E-state index in [4.69, 9.17) is 10.2 Å². The topological polar surface area (TPSA) is 99.8 Å². The van der Waals surface area contributed by atoms with Crippen LogP contribution < -0.4 is 10.9 Å². The van der Waals surface area contributed by atoms with Crippen LogP contribution in [0.2, 0.25) is 0 Å². The lowest BCUT2D eigenvalue weighted by atomic mass is 10.1. The van der Waals surface area contributed by atoms with Crippen molar-refractivity contribution in [2.24, 2.45) is 0 Å². The molecule has 6 heteroatoms. The highest BCUT2D eigenvalue weighted by molar-refractivity contribution is 5.94. The Labute approximate surface area is 91.5 Å². The van der Waals surface area contributed by atoms with Gasteiger partial charge in [0.1, 0.15) is 6.26 Å². The van der Waals surface area contributed by atoms with Crippen molar-refractivity contribution in [3.8, 4) is 0 Å². The fourth-order valence-electron chi connectivity index (χ4n) is 0.962. The number of carbonyl (C=O) groups excluding carboxylic acids is 1. The number of amides is 1. The van der Waals surface area contributed by atoms with Gasteiger partial charge in [0.25, 0.3) is 5.91 Å². The molecule has 1 aromatic rings. The molecule has 6 nitrogen and oxygen atoms in total. The van der Waals surface area contributed by atoms with Crippen molar-refractivity contribution in [2.45, 2.75) is 12.5 Å². The molecule has 3 N–H and O–H groups in total. The number of aliphatic hydroxyl groups excluding tert-OH is 2. The van der Waals surface area contributed by atoms with Crippen LogP contribution in [0.25, 0.3) is 0 Å². The molecule has 0 aliphatic rings. The Hall–Kier alpha value is -1.66. The Bertz CT molecular complexity index is 401. The maximum Gasteiger partial charge on any atom is 0.335 e. The van der Waals surface area contributed by atoms with Crippen LogP contribution in [0.15, 0.2) is 27.6 Å². The van der Waals surface area contributed by atoms with Crippen LogP contribution >= 0.6 is 0 Å². The molecule has 0 atom stereocenters. The molecule has 0 aliphatic carbocycles. The standard InChI is InChI=1S/C10H13NO5/c1-10(5-12,6-13)11-9(15)7-2-3-8(14)16-4-7/h2-4,12-13H,5-6H2,1H3,(H,11,15). The molecule has 16 heavy (non-hydrogen) atoms. The van der Waals surface area contributed by atoms with Crippen molar-refractivity contribution in [1.29, 1.82) is 0 Å². The zero-order chi connectivity index (χ0) is 12.2. The number of hydrogen-bond donors (Lipinski definition) is 3. The van der Waals surface area contributed by atoms with Gasteiger partial charge in [-0.15, -0.1) is 0 Å². The minimum atomic E-state index is -1.10. The highest BCUT2D eigenvalue weighted by Gasteiger charge is 2.25. The van der Waals surface area contributed by atoms with Crippen molar-refractivity contribution in [1.82, 2.24) is 5.32 Å². The summed E-state index contributed by atoms with van der Waals surface area (Å²) in [4.78, 5) is 22.3. The Morgan fingerprint density at radius 2 is 2.06 bits per heavy atom. The highest BCUT2D eigenvalue weighted by Crippen LogP contribution is 2.04. The first-order valence-electron chi connectivity index (χ1n) is 4.64. The van der Waals surface area contributed by atoms with Gasteiger partial charge in [-0.3, -0.25) is 4.79 Å². The summed E-state index contributed by atoms with van der Waals surface area (Å²) in [6.45, 7) is 0.696. The first-order chi connectivity index (χ1) is 7.50. The minimum absolute atomic E-state index is 0.146. The van der Waals surface area contributed by atoms with Gasteiger partial charge in [0, 0.05) is 6.07 Å². The van der Waals surface area contributed by atoms with E-state index in [-0.39, 0.29) is 5.56 Å². The van der Waals surface area contributed by atoms with E-state index in [0.29, 0.717) is 0 Å². The quantitative estimate of drug-likeness (QED) is 0.619. The largest absolute Gasteiger partial charge is 0.430 e. The Morgan fingerprint density at radius 3 is 2.50 bits per heavy atom. The molecule has 0 bridgehead atoms. The van der Waals surface area contributed by atoms with E-state index >= 15 is 0 Å². The van der Waals surface area contributed by atoms with E-state index in [0.717, 1.165) is 12.3 Å². The summed E-state index contributed by atoms with van der Waals surface area (Å²) in [7, 11) is 0. The lowest BCUT2D eigenvalue weighted by molar-refractivity contribution is 0.0722. The number of aliphatic hydroxyl groups is 2. The average Bonchev–Trinajstić information content (AvgIpc) is 2.29. The van der Waals surface area contributed by atoms with Crippen LogP contribution in [0.4, 0.5) is 0 Å². The SMILES string of the molecule is CC(CO)(CO)NC(=O)c1ccc(=O)oc1. The van der Waals surface area contributed by atoms with Crippen molar-refractivity contribution in [3.63, 3.8) is 0 Å². The van der Waals surface area contributed by atoms with Gasteiger partial charge in [-0.2, -0.15) is 0 Å². The van der Waals surface area contributed by atoms with E-state index in [1.54, 1.807) is 0 Å². The van der Waals surface area contributed by atoms with Gasteiger partial charge in [0.15, 0.2) is 0 Å². The lowest BCUT2D eigenvalue weighted by Crippen LogP contribution is -2.51. The summed E-state index contributed by atoms with van der Waals surface area (Å²) >= 11 is 0. The zero-order valence-electron chi connectivity index (χ0n) is 8.77. The van der Waals surface area contributed by atoms with Gasteiger partial charge in [-0.05, 0) is 13.0 Å². The number of hydrogen-bond acceptors (Lipinski definition) is 5. The fourth-order valence-corrected chi connectivity index (χ4v) is 0.962. The number of rotatable bonds is 4. The predicted octanol–water partition coefficient (Wildman–Crippen LogP) is -0.887. The smallest absolute Gasteiger partial charge is 0.335 e. The fraction of sp³-hybridized carbons (Fsp3) is 0.400. The van der Waals surface area contributed by atoms with Gasteiger partial charge in [0.05, 0.1) is 24.3 Å². The van der Waals surface area contributed by atoms with E-state index in [9.17, 15) is 9.59 Å². The van der Waals surface area contributed by atoms with E-state index < -0.39 is 30.3 Å². The van der Waals surface area contributed by atoms with Crippen LogP contribution in [-0.4, -0.2) is 34.9 Å². The molecule has 0 unspecified atom stereocenters. The molecular weight excluding hydrogens is 214 g/mol. The summed E-state index contributed by atoms with van der Waals surface area (Å²) in [5.41, 5.74) is -1.51. The summed E-state index contributed by atoms with van der Waals surface area (Å²) in [6, 6.07) is 2.42. The van der Waals surface area contributed by atoms with Crippen molar-refractivity contribution >= 4 is 5.91 Å². The molecule has 1 heterocycles. The van der Waals surface area contributed by atoms with Gasteiger partial charge >= 0.3 is 5.63 Å². The second kappa shape index (κ2) is 4.91. The Kier molecular flexibility index (Phi) is 3.81. The molecule has 0 saturated heterocycles. The third-order valence-corrected chi connectivity index (χ3v) is 2.08. The molecule has 1 aromatic heterocycles. The highest BCUT2D eigenvalue weighted by atomic mass is 16.4. The first kappa shape index (κ1) is 12.4. The van der Waals surface area contributed by atoms with Gasteiger partial charge in [0.2, 0.25) is 0 Å². The summed E-state index contributed by atoms with van der Waals surface area (Å²) in [6.07, 6.45) is 1.02. The number of nitrogens with one attached hydrogen (secondary N) is 1. The summed E-state index contributed by atoms with van der Waals surface area (Å²) in [5, 5.41) is 20.4. The van der Waals surface area contributed by atoms with Crippen LogP contribution in [0.1, 0.15) is 17.3 Å². The average molecular weight is 227 g/mol. The van der Waals surface area contributed by atoms with Crippen LogP contribution in [0.3, 0.4) is 0 Å².